The molecule has 1 amide bonds. The van der Waals surface area contributed by atoms with Gasteiger partial charge >= 0.3 is 0 Å². The predicted molar refractivity (Wildman–Crippen MR) is 99.8 cm³/mol. The molecule has 0 saturated carbocycles. The second-order valence-corrected chi connectivity index (χ2v) is 7.51. The van der Waals surface area contributed by atoms with Crippen LogP contribution in [0.15, 0.2) is 24.3 Å². The maximum absolute atomic E-state index is 12.6. The number of nitrogens with one attached hydrogen (secondary N) is 1. The summed E-state index contributed by atoms with van der Waals surface area (Å²) in [4.78, 5) is 18.7. The van der Waals surface area contributed by atoms with Crippen LogP contribution in [0.3, 0.4) is 0 Å². The number of carbonyl (C=O) groups is 1. The number of thiophene rings is 1. The average Bonchev–Trinajstić information content (AvgIpc) is 3.36. The molecular weight excluding hydrogens is 350 g/mol. The van der Waals surface area contributed by atoms with E-state index in [1.165, 1.54) is 16.9 Å². The zero-order valence-corrected chi connectivity index (χ0v) is 14.8. The smallest absolute Gasteiger partial charge is 0.263 e. The van der Waals surface area contributed by atoms with Gasteiger partial charge in [-0.2, -0.15) is 0 Å². The third-order valence-electron chi connectivity index (χ3n) is 4.85. The van der Waals surface area contributed by atoms with Crippen LogP contribution in [-0.2, 0) is 19.4 Å². The third-order valence-corrected chi connectivity index (χ3v) is 5.96. The lowest BCUT2D eigenvalue weighted by atomic mass is 10.1. The summed E-state index contributed by atoms with van der Waals surface area (Å²) in [5.41, 5.74) is 10.1. The van der Waals surface area contributed by atoms with Crippen molar-refractivity contribution >= 4 is 33.1 Å². The number of hydrogen-bond acceptors (Lipinski definition) is 6. The summed E-state index contributed by atoms with van der Waals surface area (Å²) in [6.45, 7) is 0.632. The van der Waals surface area contributed by atoms with E-state index in [1.54, 1.807) is 0 Å². The van der Waals surface area contributed by atoms with Crippen LogP contribution < -0.4 is 20.5 Å². The molecule has 2 aliphatic rings. The van der Waals surface area contributed by atoms with Gasteiger partial charge in [0.2, 0.25) is 6.79 Å². The van der Waals surface area contributed by atoms with Gasteiger partial charge in [-0.3, -0.25) is 4.79 Å². The molecule has 26 heavy (non-hydrogen) atoms. The number of hydrogen-bond donors (Lipinski definition) is 2. The number of anilines is 1. The van der Waals surface area contributed by atoms with E-state index in [1.807, 2.05) is 18.2 Å². The number of pyridine rings is 1. The van der Waals surface area contributed by atoms with Crippen molar-refractivity contribution in [2.24, 2.45) is 0 Å². The van der Waals surface area contributed by atoms with Crippen molar-refractivity contribution in [3.63, 3.8) is 0 Å². The minimum atomic E-state index is -0.177. The minimum absolute atomic E-state index is 0.177. The average molecular weight is 367 g/mol. The van der Waals surface area contributed by atoms with E-state index in [-0.39, 0.29) is 12.7 Å². The number of nitrogens with zero attached hydrogens (tertiary/aromatic N) is 1. The van der Waals surface area contributed by atoms with E-state index in [9.17, 15) is 4.79 Å². The number of aryl methyl sites for hydroxylation is 2. The maximum Gasteiger partial charge on any atom is 0.263 e. The Balaban J connectivity index is 1.37. The first-order valence-corrected chi connectivity index (χ1v) is 9.38. The highest BCUT2D eigenvalue weighted by molar-refractivity contribution is 7.21. The summed E-state index contributed by atoms with van der Waals surface area (Å²) < 4.78 is 10.7. The summed E-state index contributed by atoms with van der Waals surface area (Å²) in [6, 6.07) is 7.74. The van der Waals surface area contributed by atoms with Gasteiger partial charge < -0.3 is 20.5 Å². The van der Waals surface area contributed by atoms with Gasteiger partial charge in [0.15, 0.2) is 11.5 Å². The summed E-state index contributed by atoms with van der Waals surface area (Å²) in [6.07, 6.45) is 3.19. The molecule has 5 rings (SSSR count). The van der Waals surface area contributed by atoms with Crippen LogP contribution >= 0.6 is 11.3 Å². The van der Waals surface area contributed by atoms with E-state index in [4.69, 9.17) is 20.2 Å². The molecule has 0 bridgehead atoms. The number of ether oxygens (including phenoxy) is 2. The Morgan fingerprint density at radius 3 is 3.04 bits per heavy atom. The third kappa shape index (κ3) is 2.47. The Morgan fingerprint density at radius 1 is 1.23 bits per heavy atom. The van der Waals surface area contributed by atoms with Gasteiger partial charge in [-0.05, 0) is 48.6 Å². The molecule has 1 aromatic carbocycles. The molecule has 0 fully saturated rings. The number of rotatable bonds is 3. The highest BCUT2D eigenvalue weighted by Crippen LogP contribution is 2.36. The highest BCUT2D eigenvalue weighted by atomic mass is 32.1. The quantitative estimate of drug-likeness (QED) is 0.743. The van der Waals surface area contributed by atoms with Crippen molar-refractivity contribution in [1.29, 1.82) is 0 Å². The first kappa shape index (κ1) is 15.5. The Kier molecular flexibility index (Phi) is 3.49. The number of fused-ring (bicyclic) bond motifs is 3. The van der Waals surface area contributed by atoms with Crippen molar-refractivity contribution < 1.29 is 14.3 Å². The molecule has 1 aliphatic carbocycles. The van der Waals surface area contributed by atoms with E-state index >= 15 is 0 Å². The van der Waals surface area contributed by atoms with Gasteiger partial charge in [-0.25, -0.2) is 4.98 Å². The molecule has 0 saturated heterocycles. The Hall–Kier alpha value is -2.80. The van der Waals surface area contributed by atoms with E-state index in [0.717, 1.165) is 46.5 Å². The molecule has 3 N–H and O–H groups in total. The predicted octanol–water partition coefficient (Wildman–Crippen LogP) is 3.03. The summed E-state index contributed by atoms with van der Waals surface area (Å²) in [5, 5.41) is 3.83. The van der Waals surface area contributed by atoms with Gasteiger partial charge in [0, 0.05) is 17.6 Å². The standard InChI is InChI=1S/C19H17N3O3S/c20-16-12-7-11-2-1-3-13(11)22-19(12)26-17(16)18(23)21-8-10-4-5-14-15(6-10)25-9-24-14/h4-7H,1-3,8-9,20H2,(H,21,23). The van der Waals surface area contributed by atoms with Crippen LogP contribution in [0.2, 0.25) is 0 Å². The molecule has 3 aromatic rings. The Morgan fingerprint density at radius 2 is 2.12 bits per heavy atom. The van der Waals surface area contributed by atoms with Gasteiger partial charge in [0.05, 0.1) is 5.69 Å². The van der Waals surface area contributed by atoms with Gasteiger partial charge in [-0.15, -0.1) is 11.3 Å². The molecule has 6 nitrogen and oxygen atoms in total. The number of carbonyl (C=O) groups excluding carboxylic acids is 1. The molecule has 0 atom stereocenters. The lowest BCUT2D eigenvalue weighted by Crippen LogP contribution is -2.22. The Bertz CT molecular complexity index is 1040. The van der Waals surface area contributed by atoms with Crippen LogP contribution in [0.25, 0.3) is 10.2 Å². The van der Waals surface area contributed by atoms with Crippen LogP contribution in [0.5, 0.6) is 11.5 Å². The SMILES string of the molecule is Nc1c(C(=O)NCc2ccc3c(c2)OCO3)sc2nc3c(cc12)CCC3. The first-order chi connectivity index (χ1) is 12.7. The molecule has 0 unspecified atom stereocenters. The topological polar surface area (TPSA) is 86.5 Å². The van der Waals surface area contributed by atoms with Crippen molar-refractivity contribution in [3.8, 4) is 11.5 Å². The molecule has 132 valence electrons. The van der Waals surface area contributed by atoms with Crippen LogP contribution in [-0.4, -0.2) is 17.7 Å². The maximum atomic E-state index is 12.6. The Labute approximate surface area is 153 Å². The number of nitrogen functional groups attached to an aromatic ring is 1. The number of benzene rings is 1. The molecule has 0 spiro atoms. The minimum Gasteiger partial charge on any atom is -0.454 e. The van der Waals surface area contributed by atoms with Crippen LogP contribution in [0, 0.1) is 0 Å². The zero-order chi connectivity index (χ0) is 17.7. The normalized spacial score (nSPS) is 14.6. The number of amides is 1. The molecule has 7 heteroatoms. The molecule has 2 aromatic heterocycles. The van der Waals surface area contributed by atoms with Gasteiger partial charge in [0.1, 0.15) is 9.71 Å². The van der Waals surface area contributed by atoms with Crippen LogP contribution in [0.1, 0.15) is 32.9 Å². The fourth-order valence-electron chi connectivity index (χ4n) is 3.48. The summed E-state index contributed by atoms with van der Waals surface area (Å²) >= 11 is 1.36. The van der Waals surface area contributed by atoms with Crippen molar-refractivity contribution in [1.82, 2.24) is 10.3 Å². The second kappa shape index (κ2) is 5.88. The number of aromatic nitrogens is 1. The fraction of sp³-hybridized carbons (Fsp3) is 0.263. The molecule has 1 aliphatic heterocycles. The number of nitrogens with two attached hydrogens (primary N) is 1. The molecular formula is C19H17N3O3S. The fourth-order valence-corrected chi connectivity index (χ4v) is 4.49. The first-order valence-electron chi connectivity index (χ1n) is 8.56. The highest BCUT2D eigenvalue weighted by Gasteiger charge is 2.21. The van der Waals surface area contributed by atoms with Gasteiger partial charge in [0.25, 0.3) is 5.91 Å². The van der Waals surface area contributed by atoms with Crippen LogP contribution in [0.4, 0.5) is 5.69 Å². The van der Waals surface area contributed by atoms with Gasteiger partial charge in [-0.1, -0.05) is 6.07 Å². The molecule has 3 heterocycles. The largest absolute Gasteiger partial charge is 0.454 e. The summed E-state index contributed by atoms with van der Waals surface area (Å²) in [7, 11) is 0. The van der Waals surface area contributed by atoms with E-state index in [2.05, 4.69) is 11.4 Å². The van der Waals surface area contributed by atoms with Crippen molar-refractivity contribution in [2.45, 2.75) is 25.8 Å². The lowest BCUT2D eigenvalue weighted by Gasteiger charge is -2.05. The van der Waals surface area contributed by atoms with E-state index in [0.29, 0.717) is 22.9 Å². The monoisotopic (exact) mass is 367 g/mol. The van der Waals surface area contributed by atoms with E-state index < -0.39 is 0 Å². The zero-order valence-electron chi connectivity index (χ0n) is 14.0. The van der Waals surface area contributed by atoms with Crippen molar-refractivity contribution in [2.75, 3.05) is 12.5 Å². The summed E-state index contributed by atoms with van der Waals surface area (Å²) in [5.74, 6) is 1.26. The second-order valence-electron chi connectivity index (χ2n) is 6.52. The van der Waals surface area contributed by atoms with Crippen molar-refractivity contribution in [3.05, 3.63) is 46.0 Å². The molecule has 0 radical (unpaired) electrons. The lowest BCUT2D eigenvalue weighted by molar-refractivity contribution is 0.0955.